The third-order valence-corrected chi connectivity index (χ3v) is 3.51. The Morgan fingerprint density at radius 2 is 1.91 bits per heavy atom. The molecule has 7 heteroatoms. The predicted molar refractivity (Wildman–Crippen MR) is 81.1 cm³/mol. The molecule has 1 unspecified atom stereocenters. The van der Waals surface area contributed by atoms with E-state index in [9.17, 15) is 19.7 Å². The first-order chi connectivity index (χ1) is 10.1. The van der Waals surface area contributed by atoms with Crippen LogP contribution in [0, 0.1) is 30.9 Å². The zero-order valence-electron chi connectivity index (χ0n) is 13.1. The van der Waals surface area contributed by atoms with Gasteiger partial charge < -0.3 is 10.4 Å². The van der Waals surface area contributed by atoms with Crippen LogP contribution >= 0.6 is 0 Å². The van der Waals surface area contributed by atoms with Crippen LogP contribution in [0.15, 0.2) is 6.07 Å². The van der Waals surface area contributed by atoms with Crippen molar-refractivity contribution in [2.45, 2.75) is 46.6 Å². The van der Waals surface area contributed by atoms with Gasteiger partial charge in [-0.2, -0.15) is 0 Å². The van der Waals surface area contributed by atoms with Crippen LogP contribution in [0.25, 0.3) is 0 Å². The number of rotatable bonds is 6. The lowest BCUT2D eigenvalue weighted by atomic mass is 9.96. The van der Waals surface area contributed by atoms with Crippen molar-refractivity contribution in [2.24, 2.45) is 0 Å². The predicted octanol–water partition coefficient (Wildman–Crippen LogP) is 2.50. The van der Waals surface area contributed by atoms with Crippen LogP contribution in [-0.4, -0.2) is 27.9 Å². The minimum atomic E-state index is -0.931. The smallest absolute Gasteiger partial charge is 0.303 e. The van der Waals surface area contributed by atoms with Crippen molar-refractivity contribution in [1.82, 2.24) is 5.32 Å². The van der Waals surface area contributed by atoms with E-state index < -0.39 is 16.8 Å². The highest BCUT2D eigenvalue weighted by molar-refractivity contribution is 5.98. The van der Waals surface area contributed by atoms with Crippen molar-refractivity contribution in [1.29, 1.82) is 0 Å². The lowest BCUT2D eigenvalue weighted by Crippen LogP contribution is -2.34. The number of hydrogen-bond donors (Lipinski definition) is 2. The molecule has 0 aliphatic heterocycles. The van der Waals surface area contributed by atoms with Gasteiger partial charge in [0.2, 0.25) is 0 Å². The molecule has 1 atom stereocenters. The largest absolute Gasteiger partial charge is 0.481 e. The number of nitrogens with one attached hydrogen (secondary N) is 1. The Kier molecular flexibility index (Phi) is 5.62. The quantitative estimate of drug-likeness (QED) is 0.619. The van der Waals surface area contributed by atoms with Gasteiger partial charge in [0.1, 0.15) is 0 Å². The second kappa shape index (κ2) is 7.02. The zero-order valence-corrected chi connectivity index (χ0v) is 13.1. The van der Waals surface area contributed by atoms with Crippen molar-refractivity contribution in [2.75, 3.05) is 0 Å². The van der Waals surface area contributed by atoms with Crippen molar-refractivity contribution < 1.29 is 19.6 Å². The average Bonchev–Trinajstić information content (AvgIpc) is 2.34. The van der Waals surface area contributed by atoms with Crippen LogP contribution in [0.2, 0.25) is 0 Å². The summed E-state index contributed by atoms with van der Waals surface area (Å²) in [4.78, 5) is 33.5. The molecule has 0 aromatic heterocycles. The van der Waals surface area contributed by atoms with E-state index in [1.165, 1.54) is 0 Å². The first kappa shape index (κ1) is 17.6. The molecule has 0 fully saturated rings. The summed E-state index contributed by atoms with van der Waals surface area (Å²) >= 11 is 0. The molecule has 22 heavy (non-hydrogen) atoms. The number of benzene rings is 1. The Balaban J connectivity index is 3.06. The topological polar surface area (TPSA) is 110 Å². The fraction of sp³-hybridized carbons (Fsp3) is 0.467. The van der Waals surface area contributed by atoms with Crippen molar-refractivity contribution in [3.8, 4) is 0 Å². The number of nitrogens with zero attached hydrogens (tertiary/aromatic N) is 1. The Morgan fingerprint density at radius 3 is 2.41 bits per heavy atom. The number of hydrogen-bond acceptors (Lipinski definition) is 4. The van der Waals surface area contributed by atoms with E-state index in [4.69, 9.17) is 5.11 Å². The number of carboxylic acids is 1. The third kappa shape index (κ3) is 4.03. The fourth-order valence-corrected chi connectivity index (χ4v) is 2.51. The zero-order chi connectivity index (χ0) is 17.0. The molecule has 0 bridgehead atoms. The molecule has 0 saturated heterocycles. The standard InChI is InChI=1S/C15H20N2O5/c1-8-7-9(2)14(17(21)22)11(4)13(8)15(20)16-10(3)5-6-12(18)19/h7,10H,5-6H2,1-4H3,(H,16,20)(H,18,19). The monoisotopic (exact) mass is 308 g/mol. The highest BCUT2D eigenvalue weighted by atomic mass is 16.6. The van der Waals surface area contributed by atoms with Gasteiger partial charge in [0, 0.05) is 23.6 Å². The number of aryl methyl sites for hydroxylation is 2. The summed E-state index contributed by atoms with van der Waals surface area (Å²) in [5, 5.41) is 22.5. The van der Waals surface area contributed by atoms with Gasteiger partial charge in [-0.1, -0.05) is 0 Å². The summed E-state index contributed by atoms with van der Waals surface area (Å²) in [6.07, 6.45) is 0.251. The highest BCUT2D eigenvalue weighted by Gasteiger charge is 2.24. The SMILES string of the molecule is Cc1cc(C)c([N+](=O)[O-])c(C)c1C(=O)NC(C)CCC(=O)O. The normalized spacial score (nSPS) is 11.8. The molecule has 1 amide bonds. The Hall–Kier alpha value is -2.44. The Morgan fingerprint density at radius 1 is 1.32 bits per heavy atom. The molecule has 1 rings (SSSR count). The van der Waals surface area contributed by atoms with Crippen LogP contribution in [0.1, 0.15) is 46.8 Å². The number of carbonyl (C=O) groups is 2. The van der Waals surface area contributed by atoms with Gasteiger partial charge in [-0.05, 0) is 45.7 Å². The number of nitro benzene ring substituents is 1. The molecule has 1 aromatic rings. The van der Waals surface area contributed by atoms with Crippen LogP contribution in [-0.2, 0) is 4.79 Å². The summed E-state index contributed by atoms with van der Waals surface area (Å²) in [6, 6.07) is 1.28. The number of carbonyl (C=O) groups excluding carboxylic acids is 1. The van der Waals surface area contributed by atoms with Gasteiger partial charge >= 0.3 is 5.97 Å². The number of aliphatic carboxylic acids is 1. The maximum absolute atomic E-state index is 12.3. The molecule has 0 radical (unpaired) electrons. The first-order valence-corrected chi connectivity index (χ1v) is 6.93. The number of amides is 1. The van der Waals surface area contributed by atoms with E-state index in [-0.39, 0.29) is 23.7 Å². The van der Waals surface area contributed by atoms with E-state index in [0.29, 0.717) is 23.1 Å². The molecule has 0 aliphatic carbocycles. The van der Waals surface area contributed by atoms with Crippen molar-refractivity contribution in [3.63, 3.8) is 0 Å². The van der Waals surface area contributed by atoms with Gasteiger partial charge in [0.25, 0.3) is 11.6 Å². The van der Waals surface area contributed by atoms with E-state index in [2.05, 4.69) is 5.32 Å². The van der Waals surface area contributed by atoms with Crippen LogP contribution in [0.3, 0.4) is 0 Å². The minimum absolute atomic E-state index is 0.0482. The van der Waals surface area contributed by atoms with Gasteiger partial charge in [-0.3, -0.25) is 19.7 Å². The second-order valence-electron chi connectivity index (χ2n) is 5.42. The van der Waals surface area contributed by atoms with E-state index >= 15 is 0 Å². The van der Waals surface area contributed by atoms with Crippen LogP contribution in [0.4, 0.5) is 5.69 Å². The summed E-state index contributed by atoms with van der Waals surface area (Å²) in [5.74, 6) is -1.35. The van der Waals surface area contributed by atoms with E-state index in [1.807, 2.05) is 0 Å². The average molecular weight is 308 g/mol. The lowest BCUT2D eigenvalue weighted by molar-refractivity contribution is -0.386. The number of carboxylic acid groups (broad SMARTS) is 1. The van der Waals surface area contributed by atoms with E-state index in [0.717, 1.165) is 0 Å². The van der Waals surface area contributed by atoms with Crippen molar-refractivity contribution in [3.05, 3.63) is 38.4 Å². The summed E-state index contributed by atoms with van der Waals surface area (Å²) in [6.45, 7) is 6.61. The van der Waals surface area contributed by atoms with Gasteiger partial charge in [-0.25, -0.2) is 0 Å². The molecule has 0 aliphatic rings. The lowest BCUT2D eigenvalue weighted by Gasteiger charge is -2.16. The first-order valence-electron chi connectivity index (χ1n) is 6.93. The second-order valence-corrected chi connectivity index (χ2v) is 5.42. The fourth-order valence-electron chi connectivity index (χ4n) is 2.51. The highest BCUT2D eigenvalue weighted by Crippen LogP contribution is 2.28. The maximum atomic E-state index is 12.3. The molecule has 2 N–H and O–H groups in total. The summed E-state index contributed by atoms with van der Waals surface area (Å²) in [7, 11) is 0. The molecule has 0 spiro atoms. The molecule has 1 aromatic carbocycles. The Labute approximate surface area is 128 Å². The van der Waals surface area contributed by atoms with Crippen LogP contribution < -0.4 is 5.32 Å². The number of nitro groups is 1. The third-order valence-electron chi connectivity index (χ3n) is 3.51. The molecule has 0 saturated carbocycles. The molecule has 0 heterocycles. The minimum Gasteiger partial charge on any atom is -0.481 e. The van der Waals surface area contributed by atoms with Gasteiger partial charge in [-0.15, -0.1) is 0 Å². The van der Waals surface area contributed by atoms with E-state index in [1.54, 1.807) is 33.8 Å². The van der Waals surface area contributed by atoms with Crippen LogP contribution in [0.5, 0.6) is 0 Å². The maximum Gasteiger partial charge on any atom is 0.303 e. The van der Waals surface area contributed by atoms with Gasteiger partial charge in [0.15, 0.2) is 0 Å². The molecular formula is C15H20N2O5. The molecule has 7 nitrogen and oxygen atoms in total. The molecular weight excluding hydrogens is 288 g/mol. The van der Waals surface area contributed by atoms with Gasteiger partial charge in [0.05, 0.1) is 10.5 Å². The molecule has 120 valence electrons. The summed E-state index contributed by atoms with van der Waals surface area (Å²) < 4.78 is 0. The van der Waals surface area contributed by atoms with Crippen molar-refractivity contribution >= 4 is 17.6 Å². The summed E-state index contributed by atoms with van der Waals surface area (Å²) in [5.41, 5.74) is 1.71. The Bertz CT molecular complexity index is 625.